The van der Waals surface area contributed by atoms with Crippen LogP contribution in [0.1, 0.15) is 25.5 Å². The van der Waals surface area contributed by atoms with Crippen LogP contribution in [0.25, 0.3) is 4.91 Å². The van der Waals surface area contributed by atoms with E-state index in [1.807, 2.05) is 17.8 Å². The number of anilines is 1. The Morgan fingerprint density at radius 1 is 1.32 bits per heavy atom. The second-order valence-electron chi connectivity index (χ2n) is 4.46. The monoisotopic (exact) mass is 272 g/mol. The molecule has 3 rings (SSSR count). The van der Waals surface area contributed by atoms with E-state index in [0.717, 1.165) is 17.1 Å². The first-order valence-electron chi connectivity index (χ1n) is 6.49. The molecule has 3 nitrogen and oxygen atoms in total. The third-order valence-electron chi connectivity index (χ3n) is 3.09. The van der Waals surface area contributed by atoms with Gasteiger partial charge in [-0.05, 0) is 18.6 Å². The molecule has 0 spiro atoms. The highest BCUT2D eigenvalue weighted by Gasteiger charge is 2.27. The summed E-state index contributed by atoms with van der Waals surface area (Å²) in [4.78, 5) is 7.47. The molecule has 0 N–H and O–H groups in total. The van der Waals surface area contributed by atoms with Crippen molar-refractivity contribution >= 4 is 22.4 Å². The molecule has 0 amide bonds. The highest BCUT2D eigenvalue weighted by atomic mass is 32.2. The Bertz CT molecular complexity index is 551. The lowest BCUT2D eigenvalue weighted by atomic mass is 10.2. The Kier molecular flexibility index (Phi) is 3.60. The molecule has 98 valence electrons. The standard InChI is InChI=1S/C15H16N2OS/c1-2-6-15-17(12-7-4-3-5-8-12)10-14(19-15)13-9-16-11-18-13/h3-5,7-11,15H,2,6H2,1H3. The van der Waals surface area contributed by atoms with E-state index < -0.39 is 0 Å². The lowest BCUT2D eigenvalue weighted by molar-refractivity contribution is 0.547. The predicted molar refractivity (Wildman–Crippen MR) is 79.7 cm³/mol. The van der Waals surface area contributed by atoms with Gasteiger partial charge in [0.1, 0.15) is 0 Å². The van der Waals surface area contributed by atoms with Crippen LogP contribution in [0.3, 0.4) is 0 Å². The van der Waals surface area contributed by atoms with Crippen LogP contribution in [-0.2, 0) is 0 Å². The minimum absolute atomic E-state index is 0.438. The molecule has 1 aliphatic rings. The van der Waals surface area contributed by atoms with E-state index in [1.54, 1.807) is 6.20 Å². The number of nitrogens with zero attached hydrogens (tertiary/aromatic N) is 2. The molecule has 0 saturated heterocycles. The molecule has 0 fully saturated rings. The van der Waals surface area contributed by atoms with Crippen molar-refractivity contribution in [2.24, 2.45) is 0 Å². The number of rotatable bonds is 4. The molecule has 0 radical (unpaired) electrons. The molecule has 2 aromatic rings. The van der Waals surface area contributed by atoms with Crippen LogP contribution in [-0.4, -0.2) is 10.4 Å². The maximum absolute atomic E-state index is 5.40. The maximum Gasteiger partial charge on any atom is 0.181 e. The van der Waals surface area contributed by atoms with Gasteiger partial charge in [0, 0.05) is 11.9 Å². The second-order valence-corrected chi connectivity index (χ2v) is 5.68. The summed E-state index contributed by atoms with van der Waals surface area (Å²) in [7, 11) is 0. The van der Waals surface area contributed by atoms with Gasteiger partial charge >= 0.3 is 0 Å². The maximum atomic E-state index is 5.40. The molecule has 2 heterocycles. The van der Waals surface area contributed by atoms with Crippen molar-refractivity contribution in [2.45, 2.75) is 25.1 Å². The van der Waals surface area contributed by atoms with Gasteiger partial charge in [-0.3, -0.25) is 0 Å². The van der Waals surface area contributed by atoms with Crippen LogP contribution in [0.4, 0.5) is 5.69 Å². The summed E-state index contributed by atoms with van der Waals surface area (Å²) in [6, 6.07) is 10.5. The van der Waals surface area contributed by atoms with Gasteiger partial charge in [0.2, 0.25) is 0 Å². The van der Waals surface area contributed by atoms with Crippen molar-refractivity contribution in [1.29, 1.82) is 0 Å². The molecular weight excluding hydrogens is 256 g/mol. The average Bonchev–Trinajstić information content (AvgIpc) is 3.08. The van der Waals surface area contributed by atoms with Crippen molar-refractivity contribution in [3.63, 3.8) is 0 Å². The Morgan fingerprint density at radius 3 is 2.84 bits per heavy atom. The summed E-state index contributed by atoms with van der Waals surface area (Å²) in [6.07, 6.45) is 7.74. The fourth-order valence-electron chi connectivity index (χ4n) is 2.19. The number of hydrogen-bond acceptors (Lipinski definition) is 4. The Balaban J connectivity index is 1.90. The smallest absolute Gasteiger partial charge is 0.181 e. The van der Waals surface area contributed by atoms with Crippen molar-refractivity contribution < 1.29 is 4.42 Å². The summed E-state index contributed by atoms with van der Waals surface area (Å²) >= 11 is 1.85. The van der Waals surface area contributed by atoms with Crippen LogP contribution < -0.4 is 4.90 Å². The number of hydrogen-bond donors (Lipinski definition) is 0. The molecule has 4 heteroatoms. The van der Waals surface area contributed by atoms with Gasteiger partial charge in [0.15, 0.2) is 12.2 Å². The van der Waals surface area contributed by atoms with Gasteiger partial charge in [-0.15, -0.1) is 0 Å². The molecule has 0 aliphatic carbocycles. The number of thioether (sulfide) groups is 1. The predicted octanol–water partition coefficient (Wildman–Crippen LogP) is 4.35. The first kappa shape index (κ1) is 12.4. The Morgan fingerprint density at radius 2 is 2.16 bits per heavy atom. The van der Waals surface area contributed by atoms with Crippen LogP contribution >= 0.6 is 11.8 Å². The fraction of sp³-hybridized carbons (Fsp3) is 0.267. The van der Waals surface area contributed by atoms with Crippen molar-refractivity contribution in [3.8, 4) is 0 Å². The number of para-hydroxylation sites is 1. The van der Waals surface area contributed by atoms with Crippen LogP contribution in [0.2, 0.25) is 0 Å². The van der Waals surface area contributed by atoms with Crippen molar-refractivity contribution in [2.75, 3.05) is 4.90 Å². The minimum atomic E-state index is 0.438. The summed E-state index contributed by atoms with van der Waals surface area (Å²) < 4.78 is 5.40. The molecule has 0 bridgehead atoms. The van der Waals surface area contributed by atoms with E-state index in [0.29, 0.717) is 5.37 Å². The number of oxazole rings is 1. The third kappa shape index (κ3) is 2.54. The molecule has 1 aliphatic heterocycles. The highest BCUT2D eigenvalue weighted by molar-refractivity contribution is 8.09. The lowest BCUT2D eigenvalue weighted by Crippen LogP contribution is -2.23. The molecule has 1 unspecified atom stereocenters. The third-order valence-corrected chi connectivity index (χ3v) is 4.39. The summed E-state index contributed by atoms with van der Waals surface area (Å²) in [5, 5.41) is 0.438. The molecular formula is C15H16N2OS. The summed E-state index contributed by atoms with van der Waals surface area (Å²) in [5.74, 6) is 0.851. The van der Waals surface area contributed by atoms with E-state index in [9.17, 15) is 0 Å². The Labute approximate surface area is 117 Å². The number of aromatic nitrogens is 1. The van der Waals surface area contributed by atoms with Crippen LogP contribution in [0, 0.1) is 0 Å². The zero-order valence-electron chi connectivity index (χ0n) is 10.8. The van der Waals surface area contributed by atoms with E-state index in [1.165, 1.54) is 18.5 Å². The first-order chi connectivity index (χ1) is 9.38. The summed E-state index contributed by atoms with van der Waals surface area (Å²) in [6.45, 7) is 2.22. The minimum Gasteiger partial charge on any atom is -0.443 e. The van der Waals surface area contributed by atoms with Gasteiger partial charge in [-0.2, -0.15) is 0 Å². The highest BCUT2D eigenvalue weighted by Crippen LogP contribution is 2.43. The first-order valence-corrected chi connectivity index (χ1v) is 7.37. The molecule has 1 atom stereocenters. The van der Waals surface area contributed by atoms with Gasteiger partial charge < -0.3 is 9.32 Å². The van der Waals surface area contributed by atoms with Crippen molar-refractivity contribution in [3.05, 3.63) is 54.9 Å². The summed E-state index contributed by atoms with van der Waals surface area (Å²) in [5.41, 5.74) is 1.22. The molecule has 19 heavy (non-hydrogen) atoms. The quantitative estimate of drug-likeness (QED) is 0.827. The zero-order chi connectivity index (χ0) is 13.1. The van der Waals surface area contributed by atoms with E-state index in [4.69, 9.17) is 4.42 Å². The van der Waals surface area contributed by atoms with Gasteiger partial charge in [-0.25, -0.2) is 4.98 Å². The lowest BCUT2D eigenvalue weighted by Gasteiger charge is -2.24. The molecule has 1 aromatic carbocycles. The van der Waals surface area contributed by atoms with Gasteiger partial charge in [-0.1, -0.05) is 43.3 Å². The molecule has 1 aromatic heterocycles. The fourth-order valence-corrected chi connectivity index (χ4v) is 3.52. The van der Waals surface area contributed by atoms with Crippen molar-refractivity contribution in [1.82, 2.24) is 4.98 Å². The average molecular weight is 272 g/mol. The van der Waals surface area contributed by atoms with E-state index in [2.05, 4.69) is 47.3 Å². The number of benzene rings is 1. The van der Waals surface area contributed by atoms with E-state index >= 15 is 0 Å². The zero-order valence-corrected chi connectivity index (χ0v) is 11.6. The van der Waals surface area contributed by atoms with Crippen LogP contribution in [0.15, 0.2) is 53.5 Å². The topological polar surface area (TPSA) is 29.3 Å². The molecule has 0 saturated carbocycles. The second kappa shape index (κ2) is 5.53. The Hall–Kier alpha value is -1.68. The van der Waals surface area contributed by atoms with Gasteiger partial charge in [0.05, 0.1) is 16.5 Å². The normalized spacial score (nSPS) is 18.7. The largest absolute Gasteiger partial charge is 0.443 e. The van der Waals surface area contributed by atoms with Crippen LogP contribution in [0.5, 0.6) is 0 Å². The SMILES string of the molecule is CCCC1SC(c2cnco2)=CN1c1ccccc1. The van der Waals surface area contributed by atoms with Gasteiger partial charge in [0.25, 0.3) is 0 Å². The van der Waals surface area contributed by atoms with E-state index in [-0.39, 0.29) is 0 Å².